The van der Waals surface area contributed by atoms with Crippen LogP contribution in [0.3, 0.4) is 0 Å². The highest BCUT2D eigenvalue weighted by atomic mass is 35.5. The van der Waals surface area contributed by atoms with Gasteiger partial charge < -0.3 is 5.32 Å². The zero-order chi connectivity index (χ0) is 20.1. The number of carbonyl (C=O) groups excluding carboxylic acids is 1. The predicted octanol–water partition coefficient (Wildman–Crippen LogP) is 4.21. The van der Waals surface area contributed by atoms with Crippen molar-refractivity contribution in [2.45, 2.75) is 11.4 Å². The van der Waals surface area contributed by atoms with E-state index in [2.05, 4.69) is 10.0 Å². The van der Waals surface area contributed by atoms with E-state index in [1.54, 1.807) is 30.3 Å². The summed E-state index contributed by atoms with van der Waals surface area (Å²) in [5, 5.41) is 2.39. The molecule has 0 unspecified atom stereocenters. The number of rotatable bonds is 6. The number of para-hydroxylation sites is 1. The van der Waals surface area contributed by atoms with Crippen molar-refractivity contribution in [3.05, 3.63) is 94.8 Å². The average molecular weight is 419 g/mol. The van der Waals surface area contributed by atoms with Crippen LogP contribution >= 0.6 is 11.6 Å². The van der Waals surface area contributed by atoms with Crippen molar-refractivity contribution < 1.29 is 17.6 Å². The van der Waals surface area contributed by atoms with E-state index in [-0.39, 0.29) is 27.7 Å². The minimum Gasteiger partial charge on any atom is -0.319 e. The largest absolute Gasteiger partial charge is 0.319 e. The molecule has 3 aromatic carbocycles. The van der Waals surface area contributed by atoms with E-state index in [4.69, 9.17) is 11.6 Å². The zero-order valence-corrected chi connectivity index (χ0v) is 16.1. The Bertz CT molecular complexity index is 1110. The van der Waals surface area contributed by atoms with E-state index in [0.29, 0.717) is 0 Å². The average Bonchev–Trinajstić information content (AvgIpc) is 2.69. The second-order valence-electron chi connectivity index (χ2n) is 5.89. The van der Waals surface area contributed by atoms with Crippen LogP contribution in [-0.2, 0) is 16.6 Å². The van der Waals surface area contributed by atoms with Gasteiger partial charge in [0.2, 0.25) is 10.0 Å². The first-order valence-electron chi connectivity index (χ1n) is 8.26. The van der Waals surface area contributed by atoms with Crippen molar-refractivity contribution >= 4 is 33.2 Å². The van der Waals surface area contributed by atoms with Crippen molar-refractivity contribution in [3.63, 3.8) is 0 Å². The Morgan fingerprint density at radius 1 is 0.964 bits per heavy atom. The summed E-state index contributed by atoms with van der Waals surface area (Å²) in [6.45, 7) is 0.0746. The van der Waals surface area contributed by atoms with Crippen LogP contribution in [0, 0.1) is 5.82 Å². The van der Waals surface area contributed by atoms with Gasteiger partial charge in [0.25, 0.3) is 5.91 Å². The highest BCUT2D eigenvalue weighted by Crippen LogP contribution is 2.24. The lowest BCUT2D eigenvalue weighted by Crippen LogP contribution is -2.24. The molecule has 0 saturated heterocycles. The third-order valence-electron chi connectivity index (χ3n) is 3.91. The predicted molar refractivity (Wildman–Crippen MR) is 106 cm³/mol. The molecule has 0 saturated carbocycles. The smallest absolute Gasteiger partial charge is 0.255 e. The van der Waals surface area contributed by atoms with E-state index in [1.165, 1.54) is 30.3 Å². The molecular formula is C20H16ClFN2O3S. The number of anilines is 1. The van der Waals surface area contributed by atoms with Crippen LogP contribution in [0.5, 0.6) is 0 Å². The molecule has 1 amide bonds. The Morgan fingerprint density at radius 2 is 1.64 bits per heavy atom. The monoisotopic (exact) mass is 418 g/mol. The molecular weight excluding hydrogens is 403 g/mol. The third-order valence-corrected chi connectivity index (χ3v) is 5.80. The molecule has 0 radical (unpaired) electrons. The number of sulfonamides is 1. The minimum atomic E-state index is -3.96. The second kappa shape index (κ2) is 8.52. The summed E-state index contributed by atoms with van der Waals surface area (Å²) in [6.07, 6.45) is 0. The van der Waals surface area contributed by atoms with Crippen molar-refractivity contribution in [3.8, 4) is 0 Å². The molecule has 0 aliphatic heterocycles. The van der Waals surface area contributed by atoms with Gasteiger partial charge in [-0.25, -0.2) is 17.5 Å². The Hall–Kier alpha value is -2.74. The normalized spacial score (nSPS) is 11.2. The minimum absolute atomic E-state index is 0.00550. The van der Waals surface area contributed by atoms with E-state index in [0.717, 1.165) is 11.6 Å². The van der Waals surface area contributed by atoms with Crippen molar-refractivity contribution in [1.82, 2.24) is 4.72 Å². The summed E-state index contributed by atoms with van der Waals surface area (Å²) in [7, 11) is -3.96. The molecule has 0 atom stereocenters. The van der Waals surface area contributed by atoms with Gasteiger partial charge in [-0.05, 0) is 35.9 Å². The number of nitrogens with one attached hydrogen (secondary N) is 2. The summed E-state index contributed by atoms with van der Waals surface area (Å²) < 4.78 is 41.4. The van der Waals surface area contributed by atoms with Crippen molar-refractivity contribution in [2.75, 3.05) is 5.32 Å². The number of hydrogen-bond acceptors (Lipinski definition) is 3. The molecule has 0 fully saturated rings. The fourth-order valence-electron chi connectivity index (χ4n) is 2.46. The van der Waals surface area contributed by atoms with E-state index < -0.39 is 21.7 Å². The molecule has 0 bridgehead atoms. The molecule has 2 N–H and O–H groups in total. The fraction of sp³-hybridized carbons (Fsp3) is 0.0500. The van der Waals surface area contributed by atoms with Crippen LogP contribution < -0.4 is 10.0 Å². The Balaban J connectivity index is 1.82. The molecule has 28 heavy (non-hydrogen) atoms. The second-order valence-corrected chi connectivity index (χ2v) is 8.03. The van der Waals surface area contributed by atoms with E-state index >= 15 is 0 Å². The van der Waals surface area contributed by atoms with Crippen molar-refractivity contribution in [2.24, 2.45) is 0 Å². The molecule has 8 heteroatoms. The maximum atomic E-state index is 13.7. The molecule has 0 heterocycles. The SMILES string of the molecule is O=C(Nc1ccccc1F)c1ccc(Cl)c(S(=O)(=O)NCc2ccccc2)c1. The van der Waals surface area contributed by atoms with Gasteiger partial charge in [-0.15, -0.1) is 0 Å². The fourth-order valence-corrected chi connectivity index (χ4v) is 4.00. The van der Waals surface area contributed by atoms with Gasteiger partial charge in [0.1, 0.15) is 10.7 Å². The highest BCUT2D eigenvalue weighted by molar-refractivity contribution is 7.89. The van der Waals surface area contributed by atoms with Gasteiger partial charge in [-0.2, -0.15) is 0 Å². The maximum absolute atomic E-state index is 13.7. The summed E-state index contributed by atoms with van der Waals surface area (Å²) >= 11 is 6.04. The quantitative estimate of drug-likeness (QED) is 0.629. The van der Waals surface area contributed by atoms with Crippen LogP contribution in [0.2, 0.25) is 5.02 Å². The topological polar surface area (TPSA) is 75.3 Å². The lowest BCUT2D eigenvalue weighted by molar-refractivity contribution is 0.102. The number of halogens is 2. The number of amides is 1. The molecule has 0 aliphatic carbocycles. The third kappa shape index (κ3) is 4.75. The van der Waals surface area contributed by atoms with Crippen LogP contribution in [0.1, 0.15) is 15.9 Å². The molecule has 3 aromatic rings. The van der Waals surface area contributed by atoms with Gasteiger partial charge in [0.15, 0.2) is 0 Å². The summed E-state index contributed by atoms with van der Waals surface area (Å²) in [6, 6.07) is 18.5. The van der Waals surface area contributed by atoms with Gasteiger partial charge in [0.05, 0.1) is 10.7 Å². The van der Waals surface area contributed by atoms with E-state index in [9.17, 15) is 17.6 Å². The lowest BCUT2D eigenvalue weighted by Gasteiger charge is -2.11. The maximum Gasteiger partial charge on any atom is 0.255 e. The Morgan fingerprint density at radius 3 is 2.36 bits per heavy atom. The first kappa shape index (κ1) is 20.0. The number of carbonyl (C=O) groups is 1. The number of hydrogen-bond donors (Lipinski definition) is 2. The molecule has 5 nitrogen and oxygen atoms in total. The van der Waals surface area contributed by atoms with Crippen LogP contribution in [0.25, 0.3) is 0 Å². The van der Waals surface area contributed by atoms with Crippen LogP contribution in [0.4, 0.5) is 10.1 Å². The zero-order valence-electron chi connectivity index (χ0n) is 14.5. The molecule has 0 spiro atoms. The highest BCUT2D eigenvalue weighted by Gasteiger charge is 2.20. The van der Waals surface area contributed by atoms with Gasteiger partial charge in [-0.3, -0.25) is 4.79 Å². The summed E-state index contributed by atoms with van der Waals surface area (Å²) in [5.41, 5.74) is 0.803. The van der Waals surface area contributed by atoms with Crippen LogP contribution in [0.15, 0.2) is 77.7 Å². The van der Waals surface area contributed by atoms with E-state index in [1.807, 2.05) is 6.07 Å². The molecule has 0 aromatic heterocycles. The molecule has 3 rings (SSSR count). The number of benzene rings is 3. The first-order valence-corrected chi connectivity index (χ1v) is 10.1. The summed E-state index contributed by atoms with van der Waals surface area (Å²) in [4.78, 5) is 12.2. The summed E-state index contributed by atoms with van der Waals surface area (Å²) in [5.74, 6) is -1.25. The molecule has 0 aliphatic rings. The molecule has 144 valence electrons. The lowest BCUT2D eigenvalue weighted by atomic mass is 10.2. The first-order chi connectivity index (χ1) is 13.4. The Kier molecular flexibility index (Phi) is 6.08. The van der Waals surface area contributed by atoms with Gasteiger partial charge in [-0.1, -0.05) is 54.1 Å². The van der Waals surface area contributed by atoms with Crippen molar-refractivity contribution in [1.29, 1.82) is 0 Å². The van der Waals surface area contributed by atoms with Gasteiger partial charge >= 0.3 is 0 Å². The Labute approximate surface area is 167 Å². The van der Waals surface area contributed by atoms with Gasteiger partial charge in [0, 0.05) is 12.1 Å². The standard InChI is InChI=1S/C20H16ClFN2O3S/c21-16-11-10-15(20(25)24-18-9-5-4-8-17(18)22)12-19(16)28(26,27)23-13-14-6-2-1-3-7-14/h1-12,23H,13H2,(H,24,25). The van der Waals surface area contributed by atoms with Crippen LogP contribution in [-0.4, -0.2) is 14.3 Å².